The van der Waals surface area contributed by atoms with Crippen LogP contribution in [0.4, 0.5) is 0 Å². The van der Waals surface area contributed by atoms with Crippen molar-refractivity contribution in [1.82, 2.24) is 0 Å². The Morgan fingerprint density at radius 3 is 2.24 bits per heavy atom. The van der Waals surface area contributed by atoms with Gasteiger partial charge in [-0.2, -0.15) is 0 Å². The highest BCUT2D eigenvalue weighted by Crippen LogP contribution is 2.47. The van der Waals surface area contributed by atoms with Gasteiger partial charge in [-0.05, 0) is 23.3 Å². The van der Waals surface area contributed by atoms with E-state index in [0.29, 0.717) is 17.9 Å². The second kappa shape index (κ2) is 4.92. The molecule has 0 fully saturated rings. The van der Waals surface area contributed by atoms with E-state index >= 15 is 0 Å². The lowest BCUT2D eigenvalue weighted by atomic mass is 9.77. The number of rotatable bonds is 3. The Labute approximate surface area is 124 Å². The number of Topliss-reactive ketones (excluding diaryl/α,β-unsaturated/α-hetero) is 1. The predicted molar refractivity (Wildman–Crippen MR) is 81.4 cm³/mol. The zero-order valence-corrected chi connectivity index (χ0v) is 12.5. The Morgan fingerprint density at radius 1 is 1.00 bits per heavy atom. The highest BCUT2D eigenvalue weighted by molar-refractivity contribution is 6.03. The molecule has 0 spiro atoms. The zero-order chi connectivity index (χ0) is 15.0. The van der Waals surface area contributed by atoms with E-state index < -0.39 is 0 Å². The number of benzene rings is 2. The van der Waals surface area contributed by atoms with E-state index in [1.165, 1.54) is 0 Å². The fourth-order valence-corrected chi connectivity index (χ4v) is 3.14. The molecule has 0 N–H and O–H groups in total. The topological polar surface area (TPSA) is 35.5 Å². The van der Waals surface area contributed by atoms with E-state index in [0.717, 1.165) is 16.7 Å². The van der Waals surface area contributed by atoms with Gasteiger partial charge >= 0.3 is 0 Å². The van der Waals surface area contributed by atoms with Gasteiger partial charge in [0.2, 0.25) is 0 Å². The summed E-state index contributed by atoms with van der Waals surface area (Å²) in [5.74, 6) is 1.41. The summed E-state index contributed by atoms with van der Waals surface area (Å²) >= 11 is 0. The molecule has 3 heteroatoms. The standard InChI is InChI=1S/C18H18O3/c1-18(12-7-5-4-6-8-12)11-15(19)13-9-16(20-2)17(21-3)10-14(13)18/h4-10H,11H2,1-3H3. The van der Waals surface area contributed by atoms with Crippen LogP contribution in [0.15, 0.2) is 42.5 Å². The molecule has 3 rings (SSSR count). The van der Waals surface area contributed by atoms with Gasteiger partial charge in [0, 0.05) is 17.4 Å². The van der Waals surface area contributed by atoms with Gasteiger partial charge in [0.25, 0.3) is 0 Å². The van der Waals surface area contributed by atoms with E-state index in [9.17, 15) is 4.79 Å². The van der Waals surface area contributed by atoms with Gasteiger partial charge in [0.1, 0.15) is 0 Å². The molecule has 1 aliphatic rings. The van der Waals surface area contributed by atoms with Crippen LogP contribution in [0.25, 0.3) is 0 Å². The maximum atomic E-state index is 12.4. The number of carbonyl (C=O) groups is 1. The van der Waals surface area contributed by atoms with Crippen molar-refractivity contribution in [3.05, 3.63) is 59.2 Å². The number of methoxy groups -OCH3 is 2. The summed E-state index contributed by atoms with van der Waals surface area (Å²) in [4.78, 5) is 12.4. The summed E-state index contributed by atoms with van der Waals surface area (Å²) in [7, 11) is 3.20. The molecule has 108 valence electrons. The molecule has 0 amide bonds. The summed E-state index contributed by atoms with van der Waals surface area (Å²) in [5, 5.41) is 0. The summed E-state index contributed by atoms with van der Waals surface area (Å²) in [6.45, 7) is 2.11. The van der Waals surface area contributed by atoms with Crippen molar-refractivity contribution < 1.29 is 14.3 Å². The Kier molecular flexibility index (Phi) is 3.20. The summed E-state index contributed by atoms with van der Waals surface area (Å²) in [6.07, 6.45) is 0.475. The van der Waals surface area contributed by atoms with Crippen molar-refractivity contribution in [2.75, 3.05) is 14.2 Å². The lowest BCUT2D eigenvalue weighted by molar-refractivity contribution is 0.0982. The predicted octanol–water partition coefficient (Wildman–Crippen LogP) is 3.60. The second-order valence-electron chi connectivity index (χ2n) is 5.55. The van der Waals surface area contributed by atoms with Gasteiger partial charge < -0.3 is 9.47 Å². The summed E-state index contributed by atoms with van der Waals surface area (Å²) in [5.41, 5.74) is 2.58. The third-order valence-electron chi connectivity index (χ3n) is 4.34. The summed E-state index contributed by atoms with van der Waals surface area (Å²) in [6, 6.07) is 13.9. The van der Waals surface area contributed by atoms with Crippen molar-refractivity contribution in [3.63, 3.8) is 0 Å². The van der Waals surface area contributed by atoms with Crippen molar-refractivity contribution >= 4 is 5.78 Å². The highest BCUT2D eigenvalue weighted by atomic mass is 16.5. The molecule has 1 unspecified atom stereocenters. The molecule has 21 heavy (non-hydrogen) atoms. The Bertz CT molecular complexity index is 691. The van der Waals surface area contributed by atoms with Gasteiger partial charge in [-0.15, -0.1) is 0 Å². The number of hydrogen-bond acceptors (Lipinski definition) is 3. The molecule has 0 aromatic heterocycles. The van der Waals surface area contributed by atoms with Gasteiger partial charge in [0.15, 0.2) is 17.3 Å². The Hall–Kier alpha value is -2.29. The molecule has 0 bridgehead atoms. The van der Waals surface area contributed by atoms with Crippen LogP contribution >= 0.6 is 0 Å². The molecule has 0 radical (unpaired) electrons. The minimum absolute atomic E-state index is 0.150. The first-order valence-corrected chi connectivity index (χ1v) is 6.95. The number of ether oxygens (including phenoxy) is 2. The summed E-state index contributed by atoms with van der Waals surface area (Å²) < 4.78 is 10.7. The Balaban J connectivity index is 2.22. The van der Waals surface area contributed by atoms with Gasteiger partial charge in [-0.1, -0.05) is 37.3 Å². The third-order valence-corrected chi connectivity index (χ3v) is 4.34. The van der Waals surface area contributed by atoms with Crippen LogP contribution in [0.3, 0.4) is 0 Å². The molecule has 0 saturated heterocycles. The van der Waals surface area contributed by atoms with Crippen molar-refractivity contribution in [3.8, 4) is 11.5 Å². The molecule has 1 atom stereocenters. The minimum atomic E-state index is -0.312. The second-order valence-corrected chi connectivity index (χ2v) is 5.55. The van der Waals surface area contributed by atoms with E-state index in [1.54, 1.807) is 20.3 Å². The van der Waals surface area contributed by atoms with E-state index in [2.05, 4.69) is 19.1 Å². The first-order chi connectivity index (χ1) is 10.1. The number of fused-ring (bicyclic) bond motifs is 1. The molecule has 2 aromatic rings. The molecule has 0 heterocycles. The average molecular weight is 282 g/mol. The van der Waals surface area contributed by atoms with Crippen LogP contribution in [0.2, 0.25) is 0 Å². The van der Waals surface area contributed by atoms with Crippen LogP contribution in [-0.4, -0.2) is 20.0 Å². The van der Waals surface area contributed by atoms with E-state index in [4.69, 9.17) is 9.47 Å². The van der Waals surface area contributed by atoms with Crippen LogP contribution in [0.5, 0.6) is 11.5 Å². The molecule has 0 aliphatic heterocycles. The SMILES string of the molecule is COc1cc2c(cc1OC)C(C)(c1ccccc1)CC2=O. The first kappa shape index (κ1) is 13.7. The zero-order valence-electron chi connectivity index (χ0n) is 12.5. The monoisotopic (exact) mass is 282 g/mol. The molecule has 1 aliphatic carbocycles. The average Bonchev–Trinajstić information content (AvgIpc) is 2.78. The maximum absolute atomic E-state index is 12.4. The Morgan fingerprint density at radius 2 is 1.62 bits per heavy atom. The normalized spacial score (nSPS) is 20.2. The fourth-order valence-electron chi connectivity index (χ4n) is 3.14. The van der Waals surface area contributed by atoms with Gasteiger partial charge in [0.05, 0.1) is 14.2 Å². The van der Waals surface area contributed by atoms with Crippen LogP contribution in [-0.2, 0) is 5.41 Å². The van der Waals surface area contributed by atoms with Crippen molar-refractivity contribution in [2.45, 2.75) is 18.8 Å². The molecular weight excluding hydrogens is 264 g/mol. The number of ketones is 1. The largest absolute Gasteiger partial charge is 0.493 e. The quantitative estimate of drug-likeness (QED) is 0.863. The van der Waals surface area contributed by atoms with E-state index in [-0.39, 0.29) is 11.2 Å². The molecule has 2 aromatic carbocycles. The smallest absolute Gasteiger partial charge is 0.164 e. The highest BCUT2D eigenvalue weighted by Gasteiger charge is 2.41. The first-order valence-electron chi connectivity index (χ1n) is 6.95. The molecule has 0 saturated carbocycles. The number of hydrogen-bond donors (Lipinski definition) is 0. The number of carbonyl (C=O) groups excluding carboxylic acids is 1. The van der Waals surface area contributed by atoms with E-state index in [1.807, 2.05) is 24.3 Å². The third kappa shape index (κ3) is 2.00. The lowest BCUT2D eigenvalue weighted by Crippen LogP contribution is -2.20. The van der Waals surface area contributed by atoms with Crippen molar-refractivity contribution in [1.29, 1.82) is 0 Å². The lowest BCUT2D eigenvalue weighted by Gasteiger charge is -2.26. The minimum Gasteiger partial charge on any atom is -0.493 e. The molecular formula is C18H18O3. The van der Waals surface area contributed by atoms with Gasteiger partial charge in [-0.25, -0.2) is 0 Å². The van der Waals surface area contributed by atoms with Crippen molar-refractivity contribution in [2.24, 2.45) is 0 Å². The maximum Gasteiger partial charge on any atom is 0.164 e. The van der Waals surface area contributed by atoms with Gasteiger partial charge in [-0.3, -0.25) is 4.79 Å². The molecule has 3 nitrogen and oxygen atoms in total. The van der Waals surface area contributed by atoms with Crippen LogP contribution in [0.1, 0.15) is 34.8 Å². The van der Waals surface area contributed by atoms with Crippen LogP contribution in [0, 0.1) is 0 Å². The van der Waals surface area contributed by atoms with Crippen LogP contribution < -0.4 is 9.47 Å². The fraction of sp³-hybridized carbons (Fsp3) is 0.278.